The molecule has 0 aromatic carbocycles. The van der Waals surface area contributed by atoms with Crippen molar-refractivity contribution in [2.75, 3.05) is 39.8 Å². The van der Waals surface area contributed by atoms with Crippen molar-refractivity contribution in [3.63, 3.8) is 0 Å². The standard InChI is InChI=1S/C18H33N5O/c1-21-10-6-16(7-11-21)14-17-19-18(23(20-17)12-13-24)15-22-8-4-2-3-5-9-22/h16,24H,2-15H2,1H3. The number of nitrogens with zero attached hydrogens (tertiary/aromatic N) is 5. The molecule has 0 spiro atoms. The summed E-state index contributed by atoms with van der Waals surface area (Å²) >= 11 is 0. The highest BCUT2D eigenvalue weighted by Gasteiger charge is 2.21. The highest BCUT2D eigenvalue weighted by Crippen LogP contribution is 2.20. The predicted molar refractivity (Wildman–Crippen MR) is 94.8 cm³/mol. The van der Waals surface area contributed by atoms with Gasteiger partial charge in [-0.3, -0.25) is 4.90 Å². The van der Waals surface area contributed by atoms with Crippen molar-refractivity contribution in [2.45, 2.75) is 58.0 Å². The largest absolute Gasteiger partial charge is 0.394 e. The molecule has 2 saturated heterocycles. The Morgan fingerprint density at radius 1 is 1.04 bits per heavy atom. The Morgan fingerprint density at radius 3 is 2.42 bits per heavy atom. The lowest BCUT2D eigenvalue weighted by Crippen LogP contribution is -2.31. The van der Waals surface area contributed by atoms with Crippen LogP contribution in [0.1, 0.15) is 50.2 Å². The van der Waals surface area contributed by atoms with Crippen LogP contribution in [-0.4, -0.2) is 69.5 Å². The molecule has 1 N–H and O–H groups in total. The molecule has 24 heavy (non-hydrogen) atoms. The van der Waals surface area contributed by atoms with Gasteiger partial charge in [-0.1, -0.05) is 12.8 Å². The summed E-state index contributed by atoms with van der Waals surface area (Å²) in [7, 11) is 2.20. The summed E-state index contributed by atoms with van der Waals surface area (Å²) in [6.45, 7) is 6.26. The summed E-state index contributed by atoms with van der Waals surface area (Å²) in [6, 6.07) is 0. The van der Waals surface area contributed by atoms with Gasteiger partial charge < -0.3 is 10.0 Å². The van der Waals surface area contributed by atoms with Gasteiger partial charge in [-0.05, 0) is 64.8 Å². The smallest absolute Gasteiger partial charge is 0.151 e. The average Bonchev–Trinajstić information content (AvgIpc) is 2.77. The number of likely N-dealkylation sites (tertiary alicyclic amines) is 2. The second kappa shape index (κ2) is 8.92. The van der Waals surface area contributed by atoms with Crippen LogP contribution in [0.5, 0.6) is 0 Å². The fraction of sp³-hybridized carbons (Fsp3) is 0.889. The Kier molecular flexibility index (Phi) is 6.63. The fourth-order valence-corrected chi connectivity index (χ4v) is 3.92. The van der Waals surface area contributed by atoms with Crippen LogP contribution in [0, 0.1) is 5.92 Å². The maximum absolute atomic E-state index is 9.35. The Balaban J connectivity index is 1.63. The zero-order valence-corrected chi connectivity index (χ0v) is 15.2. The van der Waals surface area contributed by atoms with Gasteiger partial charge in [0, 0.05) is 6.42 Å². The maximum Gasteiger partial charge on any atom is 0.151 e. The van der Waals surface area contributed by atoms with E-state index in [9.17, 15) is 5.11 Å². The zero-order valence-electron chi connectivity index (χ0n) is 15.2. The van der Waals surface area contributed by atoms with Crippen molar-refractivity contribution in [3.8, 4) is 0 Å². The van der Waals surface area contributed by atoms with Gasteiger partial charge in [0.05, 0.1) is 19.7 Å². The Labute approximate surface area is 145 Å². The molecule has 1 aromatic rings. The number of piperidine rings is 1. The quantitative estimate of drug-likeness (QED) is 0.854. The lowest BCUT2D eigenvalue weighted by molar-refractivity contribution is 0.217. The molecule has 6 nitrogen and oxygen atoms in total. The van der Waals surface area contributed by atoms with E-state index in [2.05, 4.69) is 16.8 Å². The van der Waals surface area contributed by atoms with Crippen molar-refractivity contribution in [3.05, 3.63) is 11.6 Å². The van der Waals surface area contributed by atoms with Crippen molar-refractivity contribution < 1.29 is 5.11 Å². The number of hydrogen-bond acceptors (Lipinski definition) is 5. The van der Waals surface area contributed by atoms with Gasteiger partial charge in [0.1, 0.15) is 5.82 Å². The van der Waals surface area contributed by atoms with E-state index in [-0.39, 0.29) is 6.61 Å². The van der Waals surface area contributed by atoms with Crippen LogP contribution in [0.15, 0.2) is 0 Å². The average molecular weight is 335 g/mol. The highest BCUT2D eigenvalue weighted by atomic mass is 16.3. The van der Waals surface area contributed by atoms with Crippen LogP contribution in [0.4, 0.5) is 0 Å². The van der Waals surface area contributed by atoms with E-state index < -0.39 is 0 Å². The lowest BCUT2D eigenvalue weighted by atomic mass is 9.94. The van der Waals surface area contributed by atoms with Crippen LogP contribution in [-0.2, 0) is 19.5 Å². The van der Waals surface area contributed by atoms with E-state index in [1.807, 2.05) is 4.68 Å². The summed E-state index contributed by atoms with van der Waals surface area (Å²) < 4.78 is 1.94. The molecule has 0 amide bonds. The van der Waals surface area contributed by atoms with Gasteiger partial charge in [-0.2, -0.15) is 5.10 Å². The third kappa shape index (κ3) is 5.01. The van der Waals surface area contributed by atoms with Crippen LogP contribution in [0.3, 0.4) is 0 Å². The van der Waals surface area contributed by atoms with E-state index in [0.717, 1.165) is 37.7 Å². The molecule has 136 valence electrons. The third-order valence-electron chi connectivity index (χ3n) is 5.48. The molecule has 0 atom stereocenters. The summed E-state index contributed by atoms with van der Waals surface area (Å²) in [6.07, 6.45) is 8.74. The zero-order chi connectivity index (χ0) is 16.8. The van der Waals surface area contributed by atoms with Gasteiger partial charge in [0.2, 0.25) is 0 Å². The Morgan fingerprint density at radius 2 is 1.75 bits per heavy atom. The second-order valence-electron chi connectivity index (χ2n) is 7.53. The van der Waals surface area contributed by atoms with Crippen molar-refractivity contribution in [2.24, 2.45) is 5.92 Å². The Hall–Kier alpha value is -0.980. The molecule has 6 heteroatoms. The predicted octanol–water partition coefficient (Wildman–Crippen LogP) is 1.53. The number of aliphatic hydroxyl groups excluding tert-OH is 1. The van der Waals surface area contributed by atoms with Crippen LogP contribution >= 0.6 is 0 Å². The summed E-state index contributed by atoms with van der Waals surface area (Å²) in [4.78, 5) is 9.76. The van der Waals surface area contributed by atoms with Gasteiger partial charge in [0.15, 0.2) is 5.82 Å². The number of aromatic nitrogens is 3. The first kappa shape index (κ1) is 17.8. The number of hydrogen-bond donors (Lipinski definition) is 1. The molecule has 3 heterocycles. The van der Waals surface area contributed by atoms with Gasteiger partial charge in [-0.15, -0.1) is 0 Å². The summed E-state index contributed by atoms with van der Waals surface area (Å²) in [5, 5.41) is 14.1. The SMILES string of the molecule is CN1CCC(Cc2nc(CN3CCCCCC3)n(CCO)n2)CC1. The fourth-order valence-electron chi connectivity index (χ4n) is 3.92. The first-order valence-corrected chi connectivity index (χ1v) is 9.69. The molecule has 2 fully saturated rings. The minimum absolute atomic E-state index is 0.129. The molecule has 2 aliphatic heterocycles. The van der Waals surface area contributed by atoms with E-state index in [1.165, 1.54) is 51.6 Å². The van der Waals surface area contributed by atoms with Crippen molar-refractivity contribution in [1.29, 1.82) is 0 Å². The van der Waals surface area contributed by atoms with Crippen molar-refractivity contribution in [1.82, 2.24) is 24.6 Å². The van der Waals surface area contributed by atoms with Crippen molar-refractivity contribution >= 4 is 0 Å². The van der Waals surface area contributed by atoms with E-state index >= 15 is 0 Å². The molecule has 3 rings (SSSR count). The summed E-state index contributed by atoms with van der Waals surface area (Å²) in [5.74, 6) is 2.72. The monoisotopic (exact) mass is 335 g/mol. The lowest BCUT2D eigenvalue weighted by Gasteiger charge is -2.28. The molecule has 1 aromatic heterocycles. The minimum atomic E-state index is 0.129. The first-order valence-electron chi connectivity index (χ1n) is 9.69. The van der Waals surface area contributed by atoms with Gasteiger partial charge in [-0.25, -0.2) is 9.67 Å². The van der Waals surface area contributed by atoms with Gasteiger partial charge >= 0.3 is 0 Å². The van der Waals surface area contributed by atoms with E-state index in [0.29, 0.717) is 12.5 Å². The van der Waals surface area contributed by atoms with E-state index in [4.69, 9.17) is 10.1 Å². The third-order valence-corrected chi connectivity index (χ3v) is 5.48. The van der Waals surface area contributed by atoms with Gasteiger partial charge in [0.25, 0.3) is 0 Å². The molecule has 0 unspecified atom stereocenters. The normalized spacial score (nSPS) is 21.9. The summed E-state index contributed by atoms with van der Waals surface area (Å²) in [5.41, 5.74) is 0. The molecule has 0 bridgehead atoms. The number of aliphatic hydroxyl groups is 1. The molecule has 0 saturated carbocycles. The molecule has 0 aliphatic carbocycles. The number of rotatable bonds is 6. The second-order valence-corrected chi connectivity index (χ2v) is 7.53. The van der Waals surface area contributed by atoms with Crippen LogP contribution in [0.2, 0.25) is 0 Å². The maximum atomic E-state index is 9.35. The Bertz CT molecular complexity index is 488. The van der Waals surface area contributed by atoms with Crippen LogP contribution in [0.25, 0.3) is 0 Å². The molecular formula is C18H33N5O. The van der Waals surface area contributed by atoms with Crippen LogP contribution < -0.4 is 0 Å². The highest BCUT2D eigenvalue weighted by molar-refractivity contribution is 4.96. The molecular weight excluding hydrogens is 302 g/mol. The molecule has 2 aliphatic rings. The first-order chi connectivity index (χ1) is 11.7. The molecule has 0 radical (unpaired) electrons. The topological polar surface area (TPSA) is 57.4 Å². The minimum Gasteiger partial charge on any atom is -0.394 e. The van der Waals surface area contributed by atoms with E-state index in [1.54, 1.807) is 0 Å².